The van der Waals surface area contributed by atoms with Gasteiger partial charge in [-0.2, -0.15) is 0 Å². The Labute approximate surface area is 182 Å². The number of hydrogen-bond donors (Lipinski definition) is 0. The average Bonchev–Trinajstić information content (AvgIpc) is 2.96. The lowest BCUT2D eigenvalue weighted by Crippen LogP contribution is -2.41. The van der Waals surface area contributed by atoms with Crippen LogP contribution < -0.4 is 4.90 Å². The van der Waals surface area contributed by atoms with E-state index < -0.39 is 17.9 Å². The van der Waals surface area contributed by atoms with E-state index in [1.54, 1.807) is 24.0 Å². The van der Waals surface area contributed by atoms with Crippen molar-refractivity contribution in [2.24, 2.45) is 23.7 Å². The summed E-state index contributed by atoms with van der Waals surface area (Å²) in [6.07, 6.45) is 2.21. The first-order chi connectivity index (χ1) is 14.4. The second kappa shape index (κ2) is 8.27. The number of esters is 1. The highest BCUT2D eigenvalue weighted by Crippen LogP contribution is 2.51. The molecule has 30 heavy (non-hydrogen) atoms. The Balaban J connectivity index is 1.91. The Morgan fingerprint density at radius 1 is 1.10 bits per heavy atom. The molecule has 0 aromatic heterocycles. The van der Waals surface area contributed by atoms with Crippen LogP contribution in [0.25, 0.3) is 5.57 Å². The van der Waals surface area contributed by atoms with Gasteiger partial charge in [-0.25, -0.2) is 0 Å². The van der Waals surface area contributed by atoms with Crippen LogP contribution in [0, 0.1) is 23.7 Å². The topological polar surface area (TPSA) is 46.6 Å². The van der Waals surface area contributed by atoms with Crippen LogP contribution in [-0.4, -0.2) is 24.5 Å². The maximum Gasteiger partial charge on any atom is 0.312 e. The minimum atomic E-state index is -0.541. The smallest absolute Gasteiger partial charge is 0.312 e. The molecule has 4 rings (SSSR count). The van der Waals surface area contributed by atoms with Crippen LogP contribution in [0.3, 0.4) is 0 Å². The Hall–Kier alpha value is -2.59. The summed E-state index contributed by atoms with van der Waals surface area (Å²) in [6.45, 7) is 6.30. The van der Waals surface area contributed by atoms with Gasteiger partial charge in [-0.1, -0.05) is 61.9 Å². The molecule has 4 unspecified atom stereocenters. The van der Waals surface area contributed by atoms with Crippen molar-refractivity contribution in [1.29, 1.82) is 0 Å². The van der Waals surface area contributed by atoms with Gasteiger partial charge in [-0.3, -0.25) is 9.59 Å². The molecule has 2 bridgehead atoms. The van der Waals surface area contributed by atoms with E-state index in [9.17, 15) is 9.59 Å². The minimum absolute atomic E-state index is 0.0266. The van der Waals surface area contributed by atoms with Crippen molar-refractivity contribution in [3.63, 3.8) is 0 Å². The van der Waals surface area contributed by atoms with E-state index >= 15 is 0 Å². The van der Waals surface area contributed by atoms with Crippen LogP contribution >= 0.6 is 11.6 Å². The number of carbonyl (C=O) groups excluding carboxylic acids is 2. The minimum Gasteiger partial charge on any atom is -0.466 e. The Morgan fingerprint density at radius 2 is 1.77 bits per heavy atom. The number of amides is 1. The van der Waals surface area contributed by atoms with Crippen LogP contribution in [0.15, 0.2) is 60.7 Å². The molecule has 1 aliphatic heterocycles. The van der Waals surface area contributed by atoms with Crippen molar-refractivity contribution < 1.29 is 14.3 Å². The number of anilines is 1. The summed E-state index contributed by atoms with van der Waals surface area (Å²) in [6, 6.07) is 16.8. The Morgan fingerprint density at radius 3 is 2.37 bits per heavy atom. The molecule has 156 valence electrons. The third-order valence-electron chi connectivity index (χ3n) is 6.17. The number of hydrogen-bond acceptors (Lipinski definition) is 3. The maximum atomic E-state index is 13.7. The lowest BCUT2D eigenvalue weighted by atomic mass is 9.68. The van der Waals surface area contributed by atoms with E-state index in [4.69, 9.17) is 16.3 Å². The number of allylic oxidation sites excluding steroid dienone is 1. The van der Waals surface area contributed by atoms with Crippen molar-refractivity contribution >= 4 is 34.7 Å². The molecule has 1 amide bonds. The largest absolute Gasteiger partial charge is 0.466 e. The molecule has 1 saturated heterocycles. The molecule has 2 aromatic rings. The van der Waals surface area contributed by atoms with Gasteiger partial charge in [0.05, 0.1) is 24.5 Å². The van der Waals surface area contributed by atoms with Crippen LogP contribution in [0.1, 0.15) is 26.3 Å². The number of halogens is 1. The van der Waals surface area contributed by atoms with Crippen LogP contribution in [0.2, 0.25) is 5.02 Å². The highest BCUT2D eigenvalue weighted by Gasteiger charge is 2.59. The molecule has 0 spiro atoms. The van der Waals surface area contributed by atoms with Gasteiger partial charge in [0, 0.05) is 10.7 Å². The zero-order valence-electron chi connectivity index (χ0n) is 17.4. The van der Waals surface area contributed by atoms with Gasteiger partial charge >= 0.3 is 5.97 Å². The number of rotatable bonds is 5. The summed E-state index contributed by atoms with van der Waals surface area (Å²) >= 11 is 6.09. The molecule has 5 heteroatoms. The Kier molecular flexibility index (Phi) is 5.70. The Bertz CT molecular complexity index is 968. The molecule has 1 aliphatic carbocycles. The summed E-state index contributed by atoms with van der Waals surface area (Å²) in [4.78, 5) is 28.6. The first-order valence-corrected chi connectivity index (χ1v) is 10.8. The van der Waals surface area contributed by atoms with Gasteiger partial charge < -0.3 is 9.64 Å². The molecule has 1 fully saturated rings. The molecule has 2 aliphatic rings. The summed E-state index contributed by atoms with van der Waals surface area (Å²) in [5.41, 5.74) is 2.77. The zero-order chi connectivity index (χ0) is 21.4. The zero-order valence-corrected chi connectivity index (χ0v) is 18.2. The molecular formula is C25H26ClNO3. The van der Waals surface area contributed by atoms with Crippen molar-refractivity contribution in [2.45, 2.75) is 26.8 Å². The second-order valence-electron chi connectivity index (χ2n) is 8.24. The highest BCUT2D eigenvalue weighted by molar-refractivity contribution is 6.30. The first-order valence-electron chi connectivity index (χ1n) is 10.5. The number of nitrogens with zero attached hydrogens (tertiary/aromatic N) is 1. The average molecular weight is 424 g/mol. The molecule has 4 nitrogen and oxygen atoms in total. The van der Waals surface area contributed by atoms with E-state index in [0.717, 1.165) is 16.8 Å². The molecule has 1 heterocycles. The van der Waals surface area contributed by atoms with E-state index in [-0.39, 0.29) is 23.7 Å². The number of fused-ring (bicyclic) bond motifs is 2. The molecule has 0 saturated carbocycles. The third kappa shape index (κ3) is 3.43. The SMILES string of the molecule is CCOC(=O)C1C2C(=O)N(c3ccc(Cl)cc3)C1C(c1ccccc1)=CC2C(C)C. The monoisotopic (exact) mass is 423 g/mol. The summed E-state index contributed by atoms with van der Waals surface area (Å²) in [5, 5.41) is 0.606. The normalized spacial score (nSPS) is 25.4. The predicted molar refractivity (Wildman–Crippen MR) is 119 cm³/mol. The van der Waals surface area contributed by atoms with E-state index in [0.29, 0.717) is 11.6 Å². The van der Waals surface area contributed by atoms with Gasteiger partial charge in [0.1, 0.15) is 0 Å². The fourth-order valence-corrected chi connectivity index (χ4v) is 4.99. The van der Waals surface area contributed by atoms with Crippen molar-refractivity contribution in [1.82, 2.24) is 0 Å². The molecule has 0 radical (unpaired) electrons. The quantitative estimate of drug-likeness (QED) is 0.619. The first kappa shape index (κ1) is 20.7. The molecular weight excluding hydrogens is 398 g/mol. The number of carbonyl (C=O) groups is 2. The third-order valence-corrected chi connectivity index (χ3v) is 6.43. The maximum absolute atomic E-state index is 13.7. The fourth-order valence-electron chi connectivity index (χ4n) is 4.86. The summed E-state index contributed by atoms with van der Waals surface area (Å²) in [7, 11) is 0. The molecule has 2 aromatic carbocycles. The highest BCUT2D eigenvalue weighted by atomic mass is 35.5. The predicted octanol–water partition coefficient (Wildman–Crippen LogP) is 5.22. The van der Waals surface area contributed by atoms with Crippen LogP contribution in [0.5, 0.6) is 0 Å². The summed E-state index contributed by atoms with van der Waals surface area (Å²) in [5.74, 6) is -1.14. The summed E-state index contributed by atoms with van der Waals surface area (Å²) < 4.78 is 5.46. The van der Waals surface area contributed by atoms with Gasteiger partial charge in [-0.15, -0.1) is 0 Å². The van der Waals surface area contributed by atoms with E-state index in [1.165, 1.54) is 0 Å². The van der Waals surface area contributed by atoms with Gasteiger partial charge in [0.2, 0.25) is 5.91 Å². The van der Waals surface area contributed by atoms with Gasteiger partial charge in [-0.05, 0) is 54.2 Å². The number of benzene rings is 2. The molecule has 0 N–H and O–H groups in total. The van der Waals surface area contributed by atoms with Crippen molar-refractivity contribution in [2.75, 3.05) is 11.5 Å². The van der Waals surface area contributed by atoms with Crippen LogP contribution in [-0.2, 0) is 14.3 Å². The van der Waals surface area contributed by atoms with Crippen molar-refractivity contribution in [3.05, 3.63) is 71.3 Å². The molecule has 4 atom stereocenters. The van der Waals surface area contributed by atoms with Crippen LogP contribution in [0.4, 0.5) is 5.69 Å². The van der Waals surface area contributed by atoms with Crippen molar-refractivity contribution in [3.8, 4) is 0 Å². The number of ether oxygens (including phenoxy) is 1. The lowest BCUT2D eigenvalue weighted by Gasteiger charge is -2.35. The standard InChI is InChI=1S/C25H26ClNO3/c1-4-30-25(29)22-21-19(15(2)3)14-20(16-8-6-5-7-9-16)23(22)27(24(21)28)18-12-10-17(26)11-13-18/h5-15,19,21-23H,4H2,1-3H3. The van der Waals surface area contributed by atoms with Gasteiger partial charge in [0.15, 0.2) is 0 Å². The van der Waals surface area contributed by atoms with E-state index in [1.807, 2.05) is 42.5 Å². The lowest BCUT2D eigenvalue weighted by molar-refractivity contribution is -0.151. The van der Waals surface area contributed by atoms with Gasteiger partial charge in [0.25, 0.3) is 0 Å². The second-order valence-corrected chi connectivity index (χ2v) is 8.68. The fraction of sp³-hybridized carbons (Fsp3) is 0.360. The van der Waals surface area contributed by atoms with E-state index in [2.05, 4.69) is 19.9 Å².